The Bertz CT molecular complexity index is 601. The van der Waals surface area contributed by atoms with Gasteiger partial charge in [0.1, 0.15) is 13.2 Å². The van der Waals surface area contributed by atoms with E-state index in [0.717, 1.165) is 0 Å². The molecule has 0 rings (SSSR count). The average Bonchev–Trinajstić information content (AvgIpc) is 2.65. The van der Waals surface area contributed by atoms with Crippen molar-refractivity contribution in [3.8, 4) is 0 Å². The highest BCUT2D eigenvalue weighted by molar-refractivity contribution is 14.1. The fourth-order valence-electron chi connectivity index (χ4n) is 1.72. The average molecular weight is 565 g/mol. The summed E-state index contributed by atoms with van der Waals surface area (Å²) in [5, 5.41) is 5.23. The first-order valence-electron chi connectivity index (χ1n) is 8.44. The van der Waals surface area contributed by atoms with Crippen LogP contribution in [0.2, 0.25) is 0 Å². The van der Waals surface area contributed by atoms with Crippen LogP contribution in [-0.2, 0) is 9.47 Å². The van der Waals surface area contributed by atoms with Gasteiger partial charge in [0, 0.05) is 11.4 Å². The van der Waals surface area contributed by atoms with Gasteiger partial charge in [0.2, 0.25) is 0 Å². The quantitative estimate of drug-likeness (QED) is 0.203. The smallest absolute Gasteiger partial charge is 0.411 e. The molecule has 2 N–H and O–H groups in total. The summed E-state index contributed by atoms with van der Waals surface area (Å²) in [7, 11) is 0. The van der Waals surface area contributed by atoms with Crippen molar-refractivity contribution in [3.05, 3.63) is 73.2 Å². The predicted molar refractivity (Wildman–Crippen MR) is 126 cm³/mol. The molecule has 0 saturated heterocycles. The van der Waals surface area contributed by atoms with Crippen LogP contribution in [0.4, 0.5) is 9.59 Å². The summed E-state index contributed by atoms with van der Waals surface area (Å²) in [5.74, 6) is 0. The Labute approximate surface area is 188 Å². The van der Waals surface area contributed by atoms with Gasteiger partial charge in [-0.1, -0.05) is 76.0 Å². The molecule has 0 aromatic heterocycles. The van der Waals surface area contributed by atoms with E-state index < -0.39 is 12.2 Å². The van der Waals surface area contributed by atoms with Crippen molar-refractivity contribution in [2.24, 2.45) is 0 Å². The monoisotopic (exact) mass is 564 g/mol. The van der Waals surface area contributed by atoms with E-state index in [0.29, 0.717) is 11.4 Å². The third-order valence-corrected chi connectivity index (χ3v) is 6.04. The highest BCUT2D eigenvalue weighted by Gasteiger charge is 2.20. The molecule has 0 aliphatic rings. The van der Waals surface area contributed by atoms with Crippen LogP contribution >= 0.6 is 38.5 Å². The molecule has 154 valence electrons. The first kappa shape index (κ1) is 26.2. The molecule has 0 spiro atoms. The lowest BCUT2D eigenvalue weighted by Gasteiger charge is -2.17. The number of hydrogen-bond donors (Lipinski definition) is 2. The molecular weight excluding hydrogens is 539 g/mol. The van der Waals surface area contributed by atoms with Crippen LogP contribution in [0, 0.1) is 0 Å². The summed E-state index contributed by atoms with van der Waals surface area (Å²) in [6.07, 6.45) is 12.3. The summed E-state index contributed by atoms with van der Waals surface area (Å²) in [6.45, 7) is 11.1. The Kier molecular flexibility index (Phi) is 15.1. The standard InChI is InChI=1S/C20H26BrIN2O4/c1-5-9-15(10-6-2)23-19(25)27-13-17(21)18(22)14-28-20(26)24-16(11-7-3)12-8-4/h5-12,17-18H,1,3,13-14H2,2,4H3,(H,23,25)(H,24,26)/b10-6-,12-8-,15-9+,16-11+. The Morgan fingerprint density at radius 1 is 0.964 bits per heavy atom. The molecule has 28 heavy (non-hydrogen) atoms. The SMILES string of the molecule is C=C/C=C(\C=C/C)NC(=O)OCC(Br)C(I)COC(=O)NC(/C=C\C)=C/C=C. The minimum absolute atomic E-state index is 0.108. The number of alkyl halides is 2. The van der Waals surface area contributed by atoms with Crippen LogP contribution in [0.5, 0.6) is 0 Å². The number of hydrogen-bond acceptors (Lipinski definition) is 4. The number of allylic oxidation sites excluding steroid dienone is 8. The Morgan fingerprint density at radius 3 is 1.79 bits per heavy atom. The number of rotatable bonds is 11. The lowest BCUT2D eigenvalue weighted by molar-refractivity contribution is 0.137. The van der Waals surface area contributed by atoms with Crippen LogP contribution in [0.15, 0.2) is 73.2 Å². The van der Waals surface area contributed by atoms with E-state index >= 15 is 0 Å². The zero-order chi connectivity index (χ0) is 21.4. The van der Waals surface area contributed by atoms with Crippen molar-refractivity contribution in [1.82, 2.24) is 10.6 Å². The molecule has 0 aliphatic heterocycles. The van der Waals surface area contributed by atoms with Crippen molar-refractivity contribution in [1.29, 1.82) is 0 Å². The number of carbonyl (C=O) groups excluding carboxylic acids is 2. The Hall–Kier alpha value is -1.81. The number of halogens is 2. The lowest BCUT2D eigenvalue weighted by atomic mass is 10.3. The van der Waals surface area contributed by atoms with Gasteiger partial charge in [-0.3, -0.25) is 10.6 Å². The molecule has 0 aromatic carbocycles. The summed E-state index contributed by atoms with van der Waals surface area (Å²) in [6, 6.07) is 0. The van der Waals surface area contributed by atoms with Crippen molar-refractivity contribution in [3.63, 3.8) is 0 Å². The maximum Gasteiger partial charge on any atom is 0.411 e. The fraction of sp³-hybridized carbons (Fsp3) is 0.300. The van der Waals surface area contributed by atoms with Gasteiger partial charge in [-0.15, -0.1) is 0 Å². The molecule has 2 amide bonds. The second-order valence-electron chi connectivity index (χ2n) is 5.19. The molecule has 0 saturated carbocycles. The summed E-state index contributed by atoms with van der Waals surface area (Å²) >= 11 is 5.57. The molecule has 2 unspecified atom stereocenters. The number of alkyl carbamates (subject to hydrolysis) is 2. The molecular formula is C20H26BrIN2O4. The molecule has 0 bridgehead atoms. The molecule has 2 atom stereocenters. The van der Waals surface area contributed by atoms with Crippen LogP contribution in [0.3, 0.4) is 0 Å². The van der Waals surface area contributed by atoms with Crippen LogP contribution < -0.4 is 10.6 Å². The van der Waals surface area contributed by atoms with E-state index in [1.54, 1.807) is 48.6 Å². The van der Waals surface area contributed by atoms with Crippen molar-refractivity contribution >= 4 is 50.7 Å². The van der Waals surface area contributed by atoms with Crippen LogP contribution in [-0.4, -0.2) is 34.2 Å². The van der Waals surface area contributed by atoms with Gasteiger partial charge in [0.15, 0.2) is 0 Å². The van der Waals surface area contributed by atoms with Crippen molar-refractivity contribution in [2.75, 3.05) is 13.2 Å². The minimum atomic E-state index is -0.580. The maximum atomic E-state index is 11.9. The van der Waals surface area contributed by atoms with Gasteiger partial charge in [-0.05, 0) is 38.2 Å². The molecule has 6 nitrogen and oxygen atoms in total. The second kappa shape index (κ2) is 16.2. The summed E-state index contributed by atoms with van der Waals surface area (Å²) in [5.41, 5.74) is 1.15. The number of nitrogens with one attached hydrogen (secondary N) is 2. The number of carbonyl (C=O) groups is 2. The first-order chi connectivity index (χ1) is 13.4. The fourth-order valence-corrected chi connectivity index (χ4v) is 2.39. The molecule has 0 heterocycles. The third-order valence-electron chi connectivity index (χ3n) is 2.92. The van der Waals surface area contributed by atoms with E-state index in [4.69, 9.17) is 9.47 Å². The number of ether oxygens (including phenoxy) is 2. The molecule has 0 fully saturated rings. The largest absolute Gasteiger partial charge is 0.448 e. The van der Waals surface area contributed by atoms with Crippen molar-refractivity contribution < 1.29 is 19.1 Å². The van der Waals surface area contributed by atoms with Crippen molar-refractivity contribution in [2.45, 2.75) is 22.6 Å². The molecule has 0 radical (unpaired) electrons. The second-order valence-corrected chi connectivity index (χ2v) is 7.97. The number of amides is 2. The van der Waals surface area contributed by atoms with E-state index in [-0.39, 0.29) is 22.0 Å². The predicted octanol–water partition coefficient (Wildman–Crippen LogP) is 5.30. The topological polar surface area (TPSA) is 76.7 Å². The Balaban J connectivity index is 4.39. The van der Waals surface area contributed by atoms with Crippen LogP contribution in [0.25, 0.3) is 0 Å². The van der Waals surface area contributed by atoms with E-state index in [2.05, 4.69) is 62.3 Å². The zero-order valence-corrected chi connectivity index (χ0v) is 19.7. The maximum absolute atomic E-state index is 11.9. The minimum Gasteiger partial charge on any atom is -0.448 e. The van der Waals surface area contributed by atoms with E-state index in [9.17, 15) is 9.59 Å². The molecule has 0 aromatic rings. The highest BCUT2D eigenvalue weighted by Crippen LogP contribution is 2.16. The van der Waals surface area contributed by atoms with Gasteiger partial charge in [0.25, 0.3) is 0 Å². The third kappa shape index (κ3) is 12.6. The highest BCUT2D eigenvalue weighted by atomic mass is 127. The molecule has 0 aliphatic carbocycles. The van der Waals surface area contributed by atoms with Gasteiger partial charge in [-0.2, -0.15) is 0 Å². The van der Waals surface area contributed by atoms with Gasteiger partial charge in [0.05, 0.1) is 8.75 Å². The first-order valence-corrected chi connectivity index (χ1v) is 10.6. The summed E-state index contributed by atoms with van der Waals surface area (Å²) in [4.78, 5) is 23.5. The molecule has 8 heteroatoms. The Morgan fingerprint density at radius 2 is 1.39 bits per heavy atom. The normalized spacial score (nSPS) is 14.4. The van der Waals surface area contributed by atoms with Gasteiger partial charge < -0.3 is 9.47 Å². The van der Waals surface area contributed by atoms with Gasteiger partial charge in [-0.25, -0.2) is 9.59 Å². The zero-order valence-electron chi connectivity index (χ0n) is 16.0. The lowest BCUT2D eigenvalue weighted by Crippen LogP contribution is -2.32. The van der Waals surface area contributed by atoms with E-state index in [1.165, 1.54) is 0 Å². The van der Waals surface area contributed by atoms with E-state index in [1.807, 2.05) is 13.8 Å². The summed E-state index contributed by atoms with van der Waals surface area (Å²) < 4.78 is 10.3. The van der Waals surface area contributed by atoms with Crippen LogP contribution in [0.1, 0.15) is 13.8 Å². The van der Waals surface area contributed by atoms with Gasteiger partial charge >= 0.3 is 12.2 Å².